The van der Waals surface area contributed by atoms with Crippen LogP contribution in [0.2, 0.25) is 0 Å². The van der Waals surface area contributed by atoms with E-state index in [9.17, 15) is 0 Å². The molecule has 3 nitrogen and oxygen atoms in total. The number of rotatable bonds is 6. The Bertz CT molecular complexity index is 3900. The highest BCUT2D eigenvalue weighted by atomic mass is 15.2. The summed E-state index contributed by atoms with van der Waals surface area (Å²) in [5.74, 6) is 0. The fourth-order valence-electron chi connectivity index (χ4n) is 11.2. The van der Waals surface area contributed by atoms with Gasteiger partial charge in [0.05, 0.1) is 33.3 Å². The maximum atomic E-state index is 2.51. The minimum Gasteiger partial charge on any atom is -0.309 e. The van der Waals surface area contributed by atoms with Gasteiger partial charge in [0.25, 0.3) is 0 Å². The number of hydrogen-bond acceptors (Lipinski definition) is 1. The molecule has 2 aliphatic carbocycles. The summed E-state index contributed by atoms with van der Waals surface area (Å²) in [5.41, 5.74) is 21.4. The van der Waals surface area contributed by atoms with Crippen LogP contribution in [0.3, 0.4) is 0 Å². The van der Waals surface area contributed by atoms with E-state index in [1.807, 2.05) is 0 Å². The van der Waals surface area contributed by atoms with Crippen LogP contribution in [0.5, 0.6) is 0 Å². The zero-order valence-electron chi connectivity index (χ0n) is 35.2. The molecule has 3 heteroatoms. The molecular weight excluding hydrogens is 775 g/mol. The molecule has 0 radical (unpaired) electrons. The second-order valence-electron chi connectivity index (χ2n) is 17.6. The van der Waals surface area contributed by atoms with Crippen molar-refractivity contribution in [3.63, 3.8) is 0 Å². The van der Waals surface area contributed by atoms with E-state index >= 15 is 0 Å². The Morgan fingerprint density at radius 3 is 1.77 bits per heavy atom. The van der Waals surface area contributed by atoms with Gasteiger partial charge in [-0.25, -0.2) is 0 Å². The molecule has 2 aliphatic rings. The molecule has 0 aliphatic heterocycles. The van der Waals surface area contributed by atoms with Crippen LogP contribution in [0.1, 0.15) is 24.0 Å². The highest BCUT2D eigenvalue weighted by molar-refractivity contribution is 6.25. The predicted molar refractivity (Wildman–Crippen MR) is 270 cm³/mol. The highest BCUT2D eigenvalue weighted by Crippen LogP contribution is 2.47. The number of fused-ring (bicyclic) bond motifs is 11. The lowest BCUT2D eigenvalue weighted by Gasteiger charge is -2.27. The molecule has 3 heterocycles. The van der Waals surface area contributed by atoms with Crippen LogP contribution in [-0.2, 0) is 6.42 Å². The Labute approximate surface area is 371 Å². The molecule has 12 aromatic rings. The molecule has 300 valence electrons. The Balaban J connectivity index is 0.930. The topological polar surface area (TPSA) is 12.6 Å². The zero-order chi connectivity index (χ0) is 41.9. The maximum Gasteiger partial charge on any atom is 0.0782 e. The van der Waals surface area contributed by atoms with E-state index in [4.69, 9.17) is 0 Å². The van der Waals surface area contributed by atoms with E-state index in [2.05, 4.69) is 226 Å². The summed E-state index contributed by atoms with van der Waals surface area (Å²) in [5, 5.41) is 7.63. The lowest BCUT2D eigenvalue weighted by Crippen LogP contribution is -2.11. The quantitative estimate of drug-likeness (QED) is 0.163. The van der Waals surface area contributed by atoms with Crippen molar-refractivity contribution in [1.82, 2.24) is 8.97 Å². The predicted octanol–water partition coefficient (Wildman–Crippen LogP) is 16.4. The summed E-state index contributed by atoms with van der Waals surface area (Å²) in [7, 11) is 0. The minimum absolute atomic E-state index is 1.09. The highest BCUT2D eigenvalue weighted by Gasteiger charge is 2.25. The number of aromatic nitrogens is 2. The lowest BCUT2D eigenvalue weighted by atomic mass is 9.95. The SMILES string of the molecule is C1=CC2=C(CC1)Cc1ccc(-c3ccc(N(c4ccc(-c5ccc6c7ccccc7n(-c7ccccc7)c6c5)cc4)c4cccc5c6cccc7c8ccccc8n(c45)c76)cc3)cc12. The molecule has 0 amide bonds. The van der Waals surface area contributed by atoms with Crippen LogP contribution in [0, 0.1) is 0 Å². The third-order valence-corrected chi connectivity index (χ3v) is 14.2. The van der Waals surface area contributed by atoms with E-state index < -0.39 is 0 Å². The number of para-hydroxylation sites is 5. The fourth-order valence-corrected chi connectivity index (χ4v) is 11.2. The van der Waals surface area contributed by atoms with Crippen molar-refractivity contribution >= 4 is 82.5 Å². The Morgan fingerprint density at radius 2 is 1.00 bits per heavy atom. The standard InChI is InChI=1S/C61H41N3/c1-2-13-45(14-3-1)63-56-21-8-6-16-49(56)51-35-30-42(38-59(51)63)40-28-33-47(34-29-40)62(46-31-26-39(27-32-46)41-24-25-44-36-43-12-4-5-15-48(43)55(44)37-41)58-23-11-20-54-53-19-10-18-52-50-17-7-9-22-57(50)64(60(52)53)61(54)58/h1-3,5-11,13-35,37-38H,4,12,36H2. The molecule has 14 rings (SSSR count). The number of nitrogens with zero attached hydrogens (tertiary/aromatic N) is 3. The molecule has 0 atom stereocenters. The van der Waals surface area contributed by atoms with Gasteiger partial charge in [-0.3, -0.25) is 0 Å². The van der Waals surface area contributed by atoms with Crippen molar-refractivity contribution in [3.05, 3.63) is 229 Å². The number of hydrogen-bond donors (Lipinski definition) is 0. The second kappa shape index (κ2) is 13.7. The first-order valence-electron chi connectivity index (χ1n) is 22.5. The molecule has 0 spiro atoms. The van der Waals surface area contributed by atoms with Gasteiger partial charge in [0.2, 0.25) is 0 Å². The molecule has 0 unspecified atom stereocenters. The van der Waals surface area contributed by atoms with Crippen molar-refractivity contribution in [1.29, 1.82) is 0 Å². The first kappa shape index (κ1) is 35.5. The largest absolute Gasteiger partial charge is 0.309 e. The van der Waals surface area contributed by atoms with Crippen LogP contribution < -0.4 is 4.90 Å². The van der Waals surface area contributed by atoms with Crippen LogP contribution in [-0.4, -0.2) is 8.97 Å². The smallest absolute Gasteiger partial charge is 0.0782 e. The van der Waals surface area contributed by atoms with Gasteiger partial charge in [0, 0.05) is 49.4 Å². The van der Waals surface area contributed by atoms with Gasteiger partial charge in [-0.15, -0.1) is 0 Å². The number of allylic oxidation sites excluding steroid dienone is 4. The fraction of sp³-hybridized carbons (Fsp3) is 0.0492. The third-order valence-electron chi connectivity index (χ3n) is 14.2. The van der Waals surface area contributed by atoms with Crippen LogP contribution in [0.15, 0.2) is 218 Å². The monoisotopic (exact) mass is 815 g/mol. The molecule has 0 saturated heterocycles. The van der Waals surface area contributed by atoms with Crippen LogP contribution >= 0.6 is 0 Å². The van der Waals surface area contributed by atoms with Crippen molar-refractivity contribution in [2.75, 3.05) is 4.90 Å². The lowest BCUT2D eigenvalue weighted by molar-refractivity contribution is 0.935. The van der Waals surface area contributed by atoms with Crippen molar-refractivity contribution in [2.45, 2.75) is 19.3 Å². The molecule has 9 aromatic carbocycles. The van der Waals surface area contributed by atoms with E-state index in [-0.39, 0.29) is 0 Å². The summed E-state index contributed by atoms with van der Waals surface area (Å²) in [6.45, 7) is 0. The minimum atomic E-state index is 1.09. The summed E-state index contributed by atoms with van der Waals surface area (Å²) >= 11 is 0. The molecule has 0 fully saturated rings. The third kappa shape index (κ3) is 5.16. The summed E-state index contributed by atoms with van der Waals surface area (Å²) in [6, 6.07) is 74.3. The molecular formula is C61H41N3. The van der Waals surface area contributed by atoms with E-state index in [1.54, 1.807) is 5.57 Å². The van der Waals surface area contributed by atoms with Crippen LogP contribution in [0.25, 0.3) is 93.4 Å². The van der Waals surface area contributed by atoms with Gasteiger partial charge < -0.3 is 13.9 Å². The van der Waals surface area contributed by atoms with Gasteiger partial charge in [0.15, 0.2) is 0 Å². The van der Waals surface area contributed by atoms with E-state index in [0.717, 1.165) is 35.6 Å². The first-order valence-corrected chi connectivity index (χ1v) is 22.5. The second-order valence-corrected chi connectivity index (χ2v) is 17.6. The maximum absolute atomic E-state index is 2.51. The average Bonchev–Trinajstić information content (AvgIpc) is 4.11. The van der Waals surface area contributed by atoms with Gasteiger partial charge in [-0.05, 0) is 125 Å². The van der Waals surface area contributed by atoms with Gasteiger partial charge in [-0.2, -0.15) is 0 Å². The van der Waals surface area contributed by atoms with E-state index in [0.29, 0.717) is 0 Å². The van der Waals surface area contributed by atoms with Crippen LogP contribution in [0.4, 0.5) is 17.1 Å². The summed E-state index contributed by atoms with van der Waals surface area (Å²) in [6.07, 6.45) is 8.10. The molecule has 0 bridgehead atoms. The van der Waals surface area contributed by atoms with Crippen molar-refractivity contribution < 1.29 is 0 Å². The van der Waals surface area contributed by atoms with Crippen molar-refractivity contribution in [2.24, 2.45) is 0 Å². The number of anilines is 3. The molecule has 0 N–H and O–H groups in total. The molecule has 0 saturated carbocycles. The first-order chi connectivity index (χ1) is 31.7. The molecule has 3 aromatic heterocycles. The zero-order valence-corrected chi connectivity index (χ0v) is 35.2. The summed E-state index contributed by atoms with van der Waals surface area (Å²) in [4.78, 5) is 2.46. The summed E-state index contributed by atoms with van der Waals surface area (Å²) < 4.78 is 4.91. The Hall–Kier alpha value is -8.14. The van der Waals surface area contributed by atoms with Gasteiger partial charge >= 0.3 is 0 Å². The number of benzene rings is 9. The normalized spacial score (nSPS) is 13.6. The Kier molecular flexibility index (Phi) is 7.58. The van der Waals surface area contributed by atoms with Gasteiger partial charge in [-0.1, -0.05) is 151 Å². The Morgan fingerprint density at radius 1 is 0.422 bits per heavy atom. The van der Waals surface area contributed by atoms with Gasteiger partial charge in [0.1, 0.15) is 0 Å². The van der Waals surface area contributed by atoms with Crippen molar-refractivity contribution in [3.8, 4) is 27.9 Å². The van der Waals surface area contributed by atoms with E-state index in [1.165, 1.54) is 105 Å². The average molecular weight is 816 g/mol. The molecule has 64 heavy (non-hydrogen) atoms.